The summed E-state index contributed by atoms with van der Waals surface area (Å²) in [6, 6.07) is 11.9. The highest BCUT2D eigenvalue weighted by Crippen LogP contribution is 2.43. The number of benzene rings is 2. The van der Waals surface area contributed by atoms with Crippen LogP contribution in [0.2, 0.25) is 16.6 Å². The third-order valence-corrected chi connectivity index (χ3v) is 16.3. The standard InChI is InChI=1S/C36H44N4O5Si/c1-21(2)46(22(3)4,23(5)6)45-17-9-12-24-10-7-13-26-28(18-37-32(24)26)30-31(35(42)38-34(30)41)29-20-39-15-16-40(36(43)44)19-25-11-8-14-27(29)33(25)39/h7-8,10-11,13-14,18,20-23,37H,9,12,15-17,19H2,1-6H3,(H,43,44)(H,38,41,42). The highest BCUT2D eigenvalue weighted by molar-refractivity contribution is 6.77. The maximum absolute atomic E-state index is 13.4. The molecule has 0 fully saturated rings. The number of H-pyrrole nitrogens is 1. The Hall–Kier alpha value is -4.15. The molecule has 46 heavy (non-hydrogen) atoms. The average molecular weight is 641 g/mol. The third kappa shape index (κ3) is 5.17. The first-order chi connectivity index (χ1) is 22.0. The number of carboxylic acid groups (broad SMARTS) is 1. The van der Waals surface area contributed by atoms with Gasteiger partial charge in [0.1, 0.15) is 0 Å². The normalized spacial score (nSPS) is 15.7. The van der Waals surface area contributed by atoms with E-state index < -0.39 is 26.2 Å². The summed E-state index contributed by atoms with van der Waals surface area (Å²) < 4.78 is 8.81. The number of aromatic amines is 1. The van der Waals surface area contributed by atoms with Crippen LogP contribution in [-0.4, -0.2) is 58.9 Å². The van der Waals surface area contributed by atoms with Crippen molar-refractivity contribution in [3.05, 3.63) is 71.0 Å². The lowest BCUT2D eigenvalue weighted by molar-refractivity contribution is -0.122. The van der Waals surface area contributed by atoms with Crippen molar-refractivity contribution in [1.82, 2.24) is 19.8 Å². The van der Waals surface area contributed by atoms with E-state index in [1.54, 1.807) is 0 Å². The van der Waals surface area contributed by atoms with Gasteiger partial charge in [-0.25, -0.2) is 4.79 Å². The molecule has 9 nitrogen and oxygen atoms in total. The first kappa shape index (κ1) is 31.8. The van der Waals surface area contributed by atoms with Crippen LogP contribution in [0.1, 0.15) is 70.2 Å². The third-order valence-electron chi connectivity index (χ3n) is 10.1. The number of rotatable bonds is 10. The monoisotopic (exact) mass is 640 g/mol. The molecular formula is C36H44N4O5Si. The Morgan fingerprint density at radius 2 is 1.57 bits per heavy atom. The van der Waals surface area contributed by atoms with Crippen molar-refractivity contribution in [3.8, 4) is 0 Å². The van der Waals surface area contributed by atoms with Gasteiger partial charge in [-0.1, -0.05) is 77.9 Å². The Balaban J connectivity index is 1.35. The van der Waals surface area contributed by atoms with Crippen molar-refractivity contribution < 1.29 is 23.9 Å². The number of nitrogens with zero attached hydrogens (tertiary/aromatic N) is 2. The number of carbonyl (C=O) groups excluding carboxylic acids is 2. The molecule has 242 valence electrons. The zero-order valence-electron chi connectivity index (χ0n) is 27.6. The summed E-state index contributed by atoms with van der Waals surface area (Å²) in [7, 11) is -1.94. The molecule has 0 saturated heterocycles. The Labute approximate surface area is 270 Å². The van der Waals surface area contributed by atoms with Gasteiger partial charge < -0.3 is 24.0 Å². The van der Waals surface area contributed by atoms with Crippen LogP contribution < -0.4 is 5.32 Å². The average Bonchev–Trinajstić information content (AvgIpc) is 3.62. The summed E-state index contributed by atoms with van der Waals surface area (Å²) in [4.78, 5) is 43.4. The van der Waals surface area contributed by atoms with E-state index in [0.717, 1.165) is 45.8 Å². The van der Waals surface area contributed by atoms with E-state index in [-0.39, 0.29) is 6.54 Å². The summed E-state index contributed by atoms with van der Waals surface area (Å²) >= 11 is 0. The Bertz CT molecular complexity index is 1860. The van der Waals surface area contributed by atoms with Crippen LogP contribution >= 0.6 is 0 Å². The smallest absolute Gasteiger partial charge is 0.407 e. The number of carbonyl (C=O) groups is 3. The molecule has 4 heterocycles. The van der Waals surface area contributed by atoms with Crippen LogP contribution in [0.25, 0.3) is 33.0 Å². The van der Waals surface area contributed by atoms with Crippen molar-refractivity contribution in [3.63, 3.8) is 0 Å². The molecule has 6 rings (SSSR count). The molecule has 2 aliphatic heterocycles. The molecule has 2 aliphatic rings. The number of nitrogens with one attached hydrogen (secondary N) is 2. The van der Waals surface area contributed by atoms with Gasteiger partial charge in [0.25, 0.3) is 11.8 Å². The Morgan fingerprint density at radius 1 is 0.913 bits per heavy atom. The van der Waals surface area contributed by atoms with Crippen LogP contribution in [0.3, 0.4) is 0 Å². The summed E-state index contributed by atoms with van der Waals surface area (Å²) in [6.07, 6.45) is 4.49. The van der Waals surface area contributed by atoms with Crippen LogP contribution in [0.4, 0.5) is 4.79 Å². The fraction of sp³-hybridized carbons (Fsp3) is 0.417. The van der Waals surface area contributed by atoms with Gasteiger partial charge in [-0.3, -0.25) is 14.9 Å². The SMILES string of the molecule is CC(C)[Si](OCCCc1cccc2c(C3=C(c4cn5c6c(cccc46)CN(C(=O)O)CC5)C(=O)NC3=O)c[nH]c12)(C(C)C)C(C)C. The topological polar surface area (TPSA) is 117 Å². The second-order valence-electron chi connectivity index (χ2n) is 13.6. The summed E-state index contributed by atoms with van der Waals surface area (Å²) in [6.45, 7) is 15.6. The highest BCUT2D eigenvalue weighted by atomic mass is 28.4. The van der Waals surface area contributed by atoms with E-state index in [0.29, 0.717) is 58.6 Å². The van der Waals surface area contributed by atoms with Gasteiger partial charge in [0.2, 0.25) is 0 Å². The molecule has 0 radical (unpaired) electrons. The molecule has 2 aromatic heterocycles. The maximum Gasteiger partial charge on any atom is 0.407 e. The van der Waals surface area contributed by atoms with E-state index in [1.807, 2.05) is 47.3 Å². The fourth-order valence-corrected chi connectivity index (χ4v) is 13.7. The molecule has 3 amide bonds. The molecule has 3 N–H and O–H groups in total. The van der Waals surface area contributed by atoms with Crippen LogP contribution in [0.5, 0.6) is 0 Å². The summed E-state index contributed by atoms with van der Waals surface area (Å²) in [5.74, 6) is -0.845. The predicted molar refractivity (Wildman–Crippen MR) is 184 cm³/mol. The molecular weight excluding hydrogens is 597 g/mol. The lowest BCUT2D eigenvalue weighted by Crippen LogP contribution is -2.48. The lowest BCUT2D eigenvalue weighted by Gasteiger charge is -2.42. The number of fused-ring (bicyclic) bond motifs is 1. The number of imide groups is 1. The molecule has 0 bridgehead atoms. The van der Waals surface area contributed by atoms with Gasteiger partial charge in [-0.2, -0.15) is 0 Å². The minimum absolute atomic E-state index is 0.263. The largest absolute Gasteiger partial charge is 0.465 e. The summed E-state index contributed by atoms with van der Waals surface area (Å²) in [5, 5.41) is 13.9. The van der Waals surface area contributed by atoms with Gasteiger partial charge in [-0.05, 0) is 40.6 Å². The van der Waals surface area contributed by atoms with Crippen molar-refractivity contribution in [2.45, 2.75) is 84.1 Å². The molecule has 0 atom stereocenters. The first-order valence-corrected chi connectivity index (χ1v) is 18.5. The highest BCUT2D eigenvalue weighted by Gasteiger charge is 2.44. The second-order valence-corrected chi connectivity index (χ2v) is 19.1. The zero-order chi connectivity index (χ0) is 32.9. The number of hydrogen-bond donors (Lipinski definition) is 3. The fourth-order valence-electron chi connectivity index (χ4n) is 8.23. The molecule has 10 heteroatoms. The number of aryl methyl sites for hydroxylation is 1. The number of para-hydroxylation sites is 2. The van der Waals surface area contributed by atoms with E-state index in [2.05, 4.69) is 57.9 Å². The molecule has 4 aromatic rings. The number of hydrogen-bond acceptors (Lipinski definition) is 4. The maximum atomic E-state index is 13.4. The van der Waals surface area contributed by atoms with Crippen molar-refractivity contribution in [2.75, 3.05) is 13.2 Å². The second kappa shape index (κ2) is 12.2. The number of amides is 3. The van der Waals surface area contributed by atoms with Crippen LogP contribution in [0.15, 0.2) is 48.8 Å². The first-order valence-electron chi connectivity index (χ1n) is 16.4. The van der Waals surface area contributed by atoms with Gasteiger partial charge in [0.05, 0.1) is 23.2 Å². The number of aromatic nitrogens is 2. The van der Waals surface area contributed by atoms with Gasteiger partial charge >= 0.3 is 6.09 Å². The predicted octanol–water partition coefficient (Wildman–Crippen LogP) is 7.31. The zero-order valence-corrected chi connectivity index (χ0v) is 28.6. The minimum Gasteiger partial charge on any atom is -0.465 e. The van der Waals surface area contributed by atoms with Crippen molar-refractivity contribution in [2.24, 2.45) is 0 Å². The summed E-state index contributed by atoms with van der Waals surface area (Å²) in [5.41, 5.74) is 7.54. The Morgan fingerprint density at radius 3 is 2.24 bits per heavy atom. The van der Waals surface area contributed by atoms with Gasteiger partial charge in [-0.15, -0.1) is 0 Å². The van der Waals surface area contributed by atoms with E-state index in [9.17, 15) is 19.5 Å². The van der Waals surface area contributed by atoms with E-state index in [4.69, 9.17) is 4.43 Å². The molecule has 0 aliphatic carbocycles. The molecule has 0 saturated carbocycles. The van der Waals surface area contributed by atoms with Crippen molar-refractivity contribution >= 4 is 59.2 Å². The van der Waals surface area contributed by atoms with E-state index in [1.165, 1.54) is 4.90 Å². The van der Waals surface area contributed by atoms with Gasteiger partial charge in [0, 0.05) is 59.5 Å². The van der Waals surface area contributed by atoms with Crippen LogP contribution in [-0.2, 0) is 33.5 Å². The lowest BCUT2D eigenvalue weighted by atomic mass is 9.94. The van der Waals surface area contributed by atoms with Crippen LogP contribution in [0, 0.1) is 0 Å². The van der Waals surface area contributed by atoms with Crippen molar-refractivity contribution in [1.29, 1.82) is 0 Å². The Kier molecular flexibility index (Phi) is 8.45. The minimum atomic E-state index is -1.94. The van der Waals surface area contributed by atoms with Gasteiger partial charge in [0.15, 0.2) is 8.32 Å². The van der Waals surface area contributed by atoms with E-state index >= 15 is 0 Å². The molecule has 0 spiro atoms. The molecule has 0 unspecified atom stereocenters. The molecule has 2 aromatic carbocycles. The quantitative estimate of drug-likeness (QED) is 0.0955.